The first-order valence-corrected chi connectivity index (χ1v) is 11.1. The second-order valence-corrected chi connectivity index (χ2v) is 8.75. The van der Waals surface area contributed by atoms with Crippen LogP contribution >= 0.6 is 0 Å². The standard InChI is InChI=1S/C28H27N3O3/c1-16-6-7-19(4)24(15-16)31-27(33)25(21-8-10-22(11-9-21)29-20(5)32)26(28(31)34)30-23-13-17(2)12-18(3)14-23/h6-15,30H,1-5H3,(H,29,32). The minimum absolute atomic E-state index is 0.183. The number of anilines is 3. The lowest BCUT2D eigenvalue weighted by molar-refractivity contribution is -0.120. The fraction of sp³-hybridized carbons (Fsp3) is 0.179. The third-order valence-electron chi connectivity index (χ3n) is 5.67. The van der Waals surface area contributed by atoms with Gasteiger partial charge in [-0.3, -0.25) is 14.4 Å². The summed E-state index contributed by atoms with van der Waals surface area (Å²) in [7, 11) is 0. The Morgan fingerprint density at radius 1 is 0.735 bits per heavy atom. The predicted molar refractivity (Wildman–Crippen MR) is 136 cm³/mol. The lowest BCUT2D eigenvalue weighted by atomic mass is 10.0. The number of imide groups is 1. The van der Waals surface area contributed by atoms with Crippen LogP contribution in [-0.2, 0) is 14.4 Å². The van der Waals surface area contributed by atoms with E-state index < -0.39 is 11.8 Å². The van der Waals surface area contributed by atoms with E-state index in [1.54, 1.807) is 24.3 Å². The highest BCUT2D eigenvalue weighted by Crippen LogP contribution is 2.36. The van der Waals surface area contributed by atoms with Gasteiger partial charge in [0.25, 0.3) is 11.8 Å². The zero-order valence-electron chi connectivity index (χ0n) is 19.9. The third kappa shape index (κ3) is 4.48. The molecule has 3 aromatic carbocycles. The van der Waals surface area contributed by atoms with Crippen LogP contribution in [0.5, 0.6) is 0 Å². The Morgan fingerprint density at radius 2 is 1.38 bits per heavy atom. The molecular weight excluding hydrogens is 426 g/mol. The molecule has 0 fully saturated rings. The van der Waals surface area contributed by atoms with Crippen molar-refractivity contribution in [1.82, 2.24) is 0 Å². The van der Waals surface area contributed by atoms with Gasteiger partial charge in [0.2, 0.25) is 5.91 Å². The van der Waals surface area contributed by atoms with Crippen molar-refractivity contribution in [3.63, 3.8) is 0 Å². The molecule has 0 bridgehead atoms. The number of rotatable bonds is 5. The molecule has 6 nitrogen and oxygen atoms in total. The Kier molecular flexibility index (Phi) is 6.07. The Hall–Kier alpha value is -4.19. The minimum atomic E-state index is -0.404. The van der Waals surface area contributed by atoms with E-state index in [0.717, 1.165) is 27.9 Å². The quantitative estimate of drug-likeness (QED) is 0.516. The SMILES string of the molecule is CC(=O)Nc1ccc(C2=C(Nc3cc(C)cc(C)c3)C(=O)N(c3cc(C)ccc3C)C2=O)cc1. The van der Waals surface area contributed by atoms with E-state index in [1.165, 1.54) is 11.8 Å². The van der Waals surface area contributed by atoms with E-state index in [0.29, 0.717) is 22.5 Å². The number of nitrogens with zero attached hydrogens (tertiary/aromatic N) is 1. The van der Waals surface area contributed by atoms with Gasteiger partial charge in [-0.05, 0) is 85.8 Å². The van der Waals surface area contributed by atoms with Crippen molar-refractivity contribution in [2.75, 3.05) is 15.5 Å². The number of benzene rings is 3. The largest absolute Gasteiger partial charge is 0.350 e. The predicted octanol–water partition coefficient (Wildman–Crippen LogP) is 5.28. The van der Waals surface area contributed by atoms with E-state index in [-0.39, 0.29) is 11.6 Å². The molecule has 0 unspecified atom stereocenters. The molecule has 3 amide bonds. The molecule has 4 rings (SSSR count). The zero-order valence-corrected chi connectivity index (χ0v) is 19.9. The number of nitrogens with one attached hydrogen (secondary N) is 2. The van der Waals surface area contributed by atoms with Gasteiger partial charge in [0, 0.05) is 18.3 Å². The molecule has 0 saturated heterocycles. The molecule has 0 spiro atoms. The number of hydrogen-bond acceptors (Lipinski definition) is 4. The molecule has 1 aliphatic rings. The normalized spacial score (nSPS) is 13.5. The van der Waals surface area contributed by atoms with Crippen LogP contribution in [0, 0.1) is 27.7 Å². The van der Waals surface area contributed by atoms with Gasteiger partial charge in [0.1, 0.15) is 5.70 Å². The first-order chi connectivity index (χ1) is 16.1. The number of hydrogen-bond donors (Lipinski definition) is 2. The van der Waals surface area contributed by atoms with E-state index in [4.69, 9.17) is 0 Å². The van der Waals surface area contributed by atoms with E-state index in [2.05, 4.69) is 10.6 Å². The highest BCUT2D eigenvalue weighted by atomic mass is 16.2. The lowest BCUT2D eigenvalue weighted by Crippen LogP contribution is -2.33. The van der Waals surface area contributed by atoms with Gasteiger partial charge < -0.3 is 10.6 Å². The summed E-state index contributed by atoms with van der Waals surface area (Å²) >= 11 is 0. The van der Waals surface area contributed by atoms with Crippen molar-refractivity contribution < 1.29 is 14.4 Å². The average molecular weight is 454 g/mol. The monoisotopic (exact) mass is 453 g/mol. The van der Waals surface area contributed by atoms with E-state index in [1.807, 2.05) is 64.1 Å². The Balaban J connectivity index is 1.83. The van der Waals surface area contributed by atoms with E-state index >= 15 is 0 Å². The molecule has 0 atom stereocenters. The van der Waals surface area contributed by atoms with Crippen molar-refractivity contribution in [3.05, 3.63) is 94.2 Å². The van der Waals surface area contributed by atoms with Crippen molar-refractivity contribution in [1.29, 1.82) is 0 Å². The number of carbonyl (C=O) groups is 3. The van der Waals surface area contributed by atoms with Gasteiger partial charge in [0.05, 0.1) is 11.3 Å². The van der Waals surface area contributed by atoms with Crippen molar-refractivity contribution in [2.24, 2.45) is 0 Å². The summed E-state index contributed by atoms with van der Waals surface area (Å²) in [6.45, 7) is 9.21. The molecule has 172 valence electrons. The van der Waals surface area contributed by atoms with Crippen LogP contribution in [0.1, 0.15) is 34.7 Å². The summed E-state index contributed by atoms with van der Waals surface area (Å²) in [6.07, 6.45) is 0. The highest BCUT2D eigenvalue weighted by Gasteiger charge is 2.40. The number of amides is 3. The maximum absolute atomic E-state index is 13.7. The molecule has 0 saturated carbocycles. The van der Waals surface area contributed by atoms with Crippen molar-refractivity contribution >= 4 is 40.4 Å². The van der Waals surface area contributed by atoms with Gasteiger partial charge >= 0.3 is 0 Å². The fourth-order valence-corrected chi connectivity index (χ4v) is 4.21. The summed E-state index contributed by atoms with van der Waals surface area (Å²) in [5.41, 5.74) is 6.92. The maximum Gasteiger partial charge on any atom is 0.282 e. The van der Waals surface area contributed by atoms with Gasteiger partial charge in [-0.25, -0.2) is 4.90 Å². The van der Waals surface area contributed by atoms with Gasteiger partial charge in [0.15, 0.2) is 0 Å². The Labute approximate surface area is 199 Å². The molecular formula is C28H27N3O3. The molecule has 3 aromatic rings. The summed E-state index contributed by atoms with van der Waals surface area (Å²) in [6, 6.07) is 18.5. The molecule has 0 aliphatic carbocycles. The second kappa shape index (κ2) is 8.98. The van der Waals surface area contributed by atoms with Crippen LogP contribution in [0.3, 0.4) is 0 Å². The third-order valence-corrected chi connectivity index (χ3v) is 5.67. The summed E-state index contributed by atoms with van der Waals surface area (Å²) in [5.74, 6) is -0.978. The number of carbonyl (C=O) groups excluding carboxylic acids is 3. The Bertz CT molecular complexity index is 1330. The zero-order chi connectivity index (χ0) is 24.6. The first kappa shape index (κ1) is 23.0. The first-order valence-electron chi connectivity index (χ1n) is 11.1. The van der Waals surface area contributed by atoms with Crippen molar-refractivity contribution in [2.45, 2.75) is 34.6 Å². The molecule has 34 heavy (non-hydrogen) atoms. The Morgan fingerprint density at radius 3 is 2.00 bits per heavy atom. The van der Waals surface area contributed by atoms with Crippen LogP contribution in [0.2, 0.25) is 0 Å². The van der Waals surface area contributed by atoms with Crippen LogP contribution in [-0.4, -0.2) is 17.7 Å². The van der Waals surface area contributed by atoms with Gasteiger partial charge in [-0.2, -0.15) is 0 Å². The van der Waals surface area contributed by atoms with Crippen LogP contribution in [0.4, 0.5) is 17.1 Å². The summed E-state index contributed by atoms with van der Waals surface area (Å²) in [4.78, 5) is 40.0. The summed E-state index contributed by atoms with van der Waals surface area (Å²) in [5, 5.41) is 5.95. The molecule has 2 N–H and O–H groups in total. The summed E-state index contributed by atoms with van der Waals surface area (Å²) < 4.78 is 0. The van der Waals surface area contributed by atoms with Crippen LogP contribution in [0.25, 0.3) is 5.57 Å². The fourth-order valence-electron chi connectivity index (χ4n) is 4.21. The maximum atomic E-state index is 13.7. The highest BCUT2D eigenvalue weighted by molar-refractivity contribution is 6.46. The minimum Gasteiger partial charge on any atom is -0.350 e. The van der Waals surface area contributed by atoms with Crippen LogP contribution in [0.15, 0.2) is 66.4 Å². The average Bonchev–Trinajstić information content (AvgIpc) is 2.99. The van der Waals surface area contributed by atoms with E-state index in [9.17, 15) is 14.4 Å². The molecule has 0 aromatic heterocycles. The smallest absolute Gasteiger partial charge is 0.282 e. The number of aryl methyl sites for hydroxylation is 4. The second-order valence-electron chi connectivity index (χ2n) is 8.75. The molecule has 0 radical (unpaired) electrons. The molecule has 1 aliphatic heterocycles. The van der Waals surface area contributed by atoms with Gasteiger partial charge in [-0.1, -0.05) is 30.3 Å². The molecule has 6 heteroatoms. The van der Waals surface area contributed by atoms with Crippen molar-refractivity contribution in [3.8, 4) is 0 Å². The topological polar surface area (TPSA) is 78.5 Å². The van der Waals surface area contributed by atoms with Gasteiger partial charge in [-0.15, -0.1) is 0 Å². The lowest BCUT2D eigenvalue weighted by Gasteiger charge is -2.18. The van der Waals surface area contributed by atoms with Crippen LogP contribution < -0.4 is 15.5 Å². The molecule has 1 heterocycles.